The van der Waals surface area contributed by atoms with Crippen molar-refractivity contribution in [2.45, 2.75) is 25.4 Å². The van der Waals surface area contributed by atoms with Gasteiger partial charge in [0.15, 0.2) is 0 Å². The number of ether oxygens (including phenoxy) is 2. The fourth-order valence-corrected chi connectivity index (χ4v) is 2.84. The number of carbonyl (C=O) groups is 2. The summed E-state index contributed by atoms with van der Waals surface area (Å²) in [6, 6.07) is 12.4. The maximum Gasteiger partial charge on any atom is 0.319 e. The summed E-state index contributed by atoms with van der Waals surface area (Å²) in [5, 5.41) is 5.63. The van der Waals surface area contributed by atoms with Crippen LogP contribution in [0, 0.1) is 0 Å². The monoisotopic (exact) mass is 383 g/mol. The molecule has 0 heterocycles. The summed E-state index contributed by atoms with van der Waals surface area (Å²) in [5.41, 5.74) is 1.95. The molecular weight excluding hydrogens is 358 g/mol. The molecule has 7 nitrogen and oxygen atoms in total. The van der Waals surface area contributed by atoms with Crippen molar-refractivity contribution >= 4 is 17.6 Å². The van der Waals surface area contributed by atoms with E-state index in [2.05, 4.69) is 10.6 Å². The van der Waals surface area contributed by atoms with E-state index in [9.17, 15) is 9.59 Å². The zero-order chi connectivity index (χ0) is 20.1. The van der Waals surface area contributed by atoms with Gasteiger partial charge >= 0.3 is 6.03 Å². The SMILES string of the molecule is COc1ccc(CN(C)C(=O)c2cccc(NC(=O)NC3CC3)c2)c(OC)c1. The number of hydrogen-bond donors (Lipinski definition) is 2. The van der Waals surface area contributed by atoms with Crippen LogP contribution in [0.4, 0.5) is 10.5 Å². The molecule has 1 fully saturated rings. The molecule has 2 N–H and O–H groups in total. The van der Waals surface area contributed by atoms with Crippen LogP contribution >= 0.6 is 0 Å². The van der Waals surface area contributed by atoms with E-state index >= 15 is 0 Å². The first-order valence-corrected chi connectivity index (χ1v) is 9.14. The van der Waals surface area contributed by atoms with Crippen molar-refractivity contribution in [2.24, 2.45) is 0 Å². The molecule has 3 rings (SSSR count). The average Bonchev–Trinajstić information content (AvgIpc) is 3.51. The quantitative estimate of drug-likeness (QED) is 0.769. The molecule has 0 bridgehead atoms. The number of urea groups is 1. The van der Waals surface area contributed by atoms with E-state index in [0.29, 0.717) is 29.3 Å². The van der Waals surface area contributed by atoms with Gasteiger partial charge in [0.2, 0.25) is 0 Å². The zero-order valence-electron chi connectivity index (χ0n) is 16.3. The summed E-state index contributed by atoms with van der Waals surface area (Å²) in [4.78, 5) is 26.3. The molecule has 28 heavy (non-hydrogen) atoms. The number of benzene rings is 2. The largest absolute Gasteiger partial charge is 0.497 e. The summed E-state index contributed by atoms with van der Waals surface area (Å²) < 4.78 is 10.6. The summed E-state index contributed by atoms with van der Waals surface area (Å²) in [5.74, 6) is 1.20. The molecule has 0 atom stereocenters. The second-order valence-corrected chi connectivity index (χ2v) is 6.79. The van der Waals surface area contributed by atoms with Crippen molar-refractivity contribution < 1.29 is 19.1 Å². The molecule has 0 spiro atoms. The molecule has 0 radical (unpaired) electrons. The average molecular weight is 383 g/mol. The molecule has 2 aromatic rings. The van der Waals surface area contributed by atoms with E-state index in [1.54, 1.807) is 56.5 Å². The lowest BCUT2D eigenvalue weighted by molar-refractivity contribution is 0.0784. The van der Waals surface area contributed by atoms with Crippen LogP contribution in [0.2, 0.25) is 0 Å². The Hall–Kier alpha value is -3.22. The van der Waals surface area contributed by atoms with Gasteiger partial charge in [-0.3, -0.25) is 4.79 Å². The summed E-state index contributed by atoms with van der Waals surface area (Å²) in [7, 11) is 4.91. The van der Waals surface area contributed by atoms with Crippen molar-refractivity contribution in [1.82, 2.24) is 10.2 Å². The van der Waals surface area contributed by atoms with Gasteiger partial charge < -0.3 is 25.0 Å². The standard InChI is InChI=1S/C21H25N3O4/c1-24(13-15-7-10-18(27-2)12-19(15)28-3)20(25)14-5-4-6-17(11-14)23-21(26)22-16-8-9-16/h4-7,10-12,16H,8-9,13H2,1-3H3,(H2,22,23,26). The molecule has 1 aliphatic carbocycles. The lowest BCUT2D eigenvalue weighted by Gasteiger charge is -2.20. The van der Waals surface area contributed by atoms with Gasteiger partial charge in [0.05, 0.1) is 14.2 Å². The highest BCUT2D eigenvalue weighted by Gasteiger charge is 2.23. The zero-order valence-corrected chi connectivity index (χ0v) is 16.3. The number of rotatable bonds is 7. The number of hydrogen-bond acceptors (Lipinski definition) is 4. The van der Waals surface area contributed by atoms with Crippen LogP contribution in [0.15, 0.2) is 42.5 Å². The fourth-order valence-electron chi connectivity index (χ4n) is 2.84. The molecule has 7 heteroatoms. The molecule has 2 aromatic carbocycles. The van der Waals surface area contributed by atoms with E-state index in [4.69, 9.17) is 9.47 Å². The van der Waals surface area contributed by atoms with Gasteiger partial charge in [-0.25, -0.2) is 4.79 Å². The third-order valence-electron chi connectivity index (χ3n) is 4.53. The van der Waals surface area contributed by atoms with Crippen molar-refractivity contribution in [3.63, 3.8) is 0 Å². The third kappa shape index (κ3) is 4.94. The third-order valence-corrected chi connectivity index (χ3v) is 4.53. The van der Waals surface area contributed by atoms with E-state index in [1.165, 1.54) is 0 Å². The predicted molar refractivity (Wildman–Crippen MR) is 107 cm³/mol. The Morgan fingerprint density at radius 2 is 1.89 bits per heavy atom. The van der Waals surface area contributed by atoms with Crippen molar-refractivity contribution in [3.05, 3.63) is 53.6 Å². The Kier molecular flexibility index (Phi) is 6.03. The number of amides is 3. The Balaban J connectivity index is 1.67. The van der Waals surface area contributed by atoms with Crippen LogP contribution in [0.1, 0.15) is 28.8 Å². The minimum Gasteiger partial charge on any atom is -0.497 e. The first-order valence-electron chi connectivity index (χ1n) is 9.14. The Morgan fingerprint density at radius 3 is 2.57 bits per heavy atom. The fraction of sp³-hybridized carbons (Fsp3) is 0.333. The minimum atomic E-state index is -0.247. The van der Waals surface area contributed by atoms with Crippen LogP contribution in [0.25, 0.3) is 0 Å². The van der Waals surface area contributed by atoms with Crippen LogP contribution in [0.5, 0.6) is 11.5 Å². The van der Waals surface area contributed by atoms with E-state index < -0.39 is 0 Å². The van der Waals surface area contributed by atoms with Crippen LogP contribution < -0.4 is 20.1 Å². The van der Waals surface area contributed by atoms with E-state index in [-0.39, 0.29) is 18.0 Å². The van der Waals surface area contributed by atoms with Gasteiger partial charge in [0.1, 0.15) is 11.5 Å². The topological polar surface area (TPSA) is 79.9 Å². The number of methoxy groups -OCH3 is 2. The molecular formula is C21H25N3O4. The maximum absolute atomic E-state index is 12.8. The lowest BCUT2D eigenvalue weighted by atomic mass is 10.1. The normalized spacial score (nSPS) is 12.8. The van der Waals surface area contributed by atoms with Gasteiger partial charge in [-0.15, -0.1) is 0 Å². The van der Waals surface area contributed by atoms with Gasteiger partial charge in [0, 0.05) is 42.5 Å². The highest BCUT2D eigenvalue weighted by Crippen LogP contribution is 2.26. The predicted octanol–water partition coefficient (Wildman–Crippen LogP) is 3.26. The first-order chi connectivity index (χ1) is 13.5. The molecule has 148 valence electrons. The van der Waals surface area contributed by atoms with Gasteiger partial charge in [-0.2, -0.15) is 0 Å². The number of carbonyl (C=O) groups excluding carboxylic acids is 2. The highest BCUT2D eigenvalue weighted by molar-refractivity contribution is 5.96. The molecule has 3 amide bonds. The van der Waals surface area contributed by atoms with Crippen LogP contribution in [-0.2, 0) is 6.54 Å². The summed E-state index contributed by atoms with van der Waals surface area (Å²) in [6.45, 7) is 0.381. The van der Waals surface area contributed by atoms with Crippen molar-refractivity contribution in [3.8, 4) is 11.5 Å². The van der Waals surface area contributed by atoms with Crippen LogP contribution in [-0.4, -0.2) is 44.1 Å². The van der Waals surface area contributed by atoms with E-state index in [1.807, 2.05) is 12.1 Å². The van der Waals surface area contributed by atoms with E-state index in [0.717, 1.165) is 18.4 Å². The van der Waals surface area contributed by atoms with Crippen LogP contribution in [0.3, 0.4) is 0 Å². The number of anilines is 1. The maximum atomic E-state index is 12.8. The molecule has 0 aliphatic heterocycles. The first kappa shape index (κ1) is 19.5. The van der Waals surface area contributed by atoms with Gasteiger partial charge in [-0.1, -0.05) is 6.07 Å². The Labute approximate surface area is 164 Å². The van der Waals surface area contributed by atoms with Crippen molar-refractivity contribution in [1.29, 1.82) is 0 Å². The molecule has 0 unspecified atom stereocenters. The second-order valence-electron chi connectivity index (χ2n) is 6.79. The highest BCUT2D eigenvalue weighted by atomic mass is 16.5. The molecule has 0 aromatic heterocycles. The van der Waals surface area contributed by atoms with Gasteiger partial charge in [-0.05, 0) is 43.2 Å². The summed E-state index contributed by atoms with van der Waals surface area (Å²) in [6.07, 6.45) is 2.04. The lowest BCUT2D eigenvalue weighted by Crippen LogP contribution is -2.30. The molecule has 1 saturated carbocycles. The Morgan fingerprint density at radius 1 is 1.11 bits per heavy atom. The number of nitrogens with zero attached hydrogens (tertiary/aromatic N) is 1. The smallest absolute Gasteiger partial charge is 0.319 e. The Bertz CT molecular complexity index is 864. The van der Waals surface area contributed by atoms with Crippen molar-refractivity contribution in [2.75, 3.05) is 26.6 Å². The second kappa shape index (κ2) is 8.65. The number of nitrogens with one attached hydrogen (secondary N) is 2. The molecule has 1 aliphatic rings. The summed E-state index contributed by atoms with van der Waals surface area (Å²) >= 11 is 0. The van der Waals surface area contributed by atoms with Gasteiger partial charge in [0.25, 0.3) is 5.91 Å². The minimum absolute atomic E-state index is 0.149. The molecule has 0 saturated heterocycles.